The summed E-state index contributed by atoms with van der Waals surface area (Å²) in [6.07, 6.45) is 5.62. The van der Waals surface area contributed by atoms with Gasteiger partial charge in [-0.25, -0.2) is 8.42 Å². The van der Waals surface area contributed by atoms with Crippen LogP contribution in [0.2, 0.25) is 0 Å². The van der Waals surface area contributed by atoms with Crippen molar-refractivity contribution in [3.05, 3.63) is 54.0 Å². The first-order valence-electron chi connectivity index (χ1n) is 8.22. The predicted molar refractivity (Wildman–Crippen MR) is 90.6 cm³/mol. The molecule has 0 bridgehead atoms. The lowest BCUT2D eigenvalue weighted by Gasteiger charge is -2.11. The molecule has 1 aliphatic carbocycles. The van der Waals surface area contributed by atoms with Gasteiger partial charge in [-0.1, -0.05) is 25.0 Å². The normalized spacial score (nSPS) is 15.5. The van der Waals surface area contributed by atoms with Crippen molar-refractivity contribution in [3.8, 4) is 0 Å². The van der Waals surface area contributed by atoms with E-state index in [1.807, 2.05) is 12.1 Å². The quantitative estimate of drug-likeness (QED) is 0.871. The average molecular weight is 347 g/mol. The van der Waals surface area contributed by atoms with Gasteiger partial charge >= 0.3 is 0 Å². The first-order chi connectivity index (χ1) is 11.6. The lowest BCUT2D eigenvalue weighted by Crippen LogP contribution is -2.25. The number of hydrogen-bond acceptors (Lipinski definition) is 4. The van der Waals surface area contributed by atoms with Gasteiger partial charge in [-0.3, -0.25) is 4.79 Å². The molecular formula is C18H21NO4S. The summed E-state index contributed by atoms with van der Waals surface area (Å²) >= 11 is 0. The highest BCUT2D eigenvalue weighted by Gasteiger charge is 2.29. The van der Waals surface area contributed by atoms with Crippen molar-refractivity contribution >= 4 is 15.7 Å². The number of amides is 1. The molecule has 2 aromatic rings. The van der Waals surface area contributed by atoms with E-state index in [4.69, 9.17) is 4.42 Å². The largest absolute Gasteiger partial charge is 0.459 e. The van der Waals surface area contributed by atoms with E-state index in [9.17, 15) is 13.2 Å². The minimum Gasteiger partial charge on any atom is -0.459 e. The maximum atomic E-state index is 12.5. The second-order valence-electron chi connectivity index (χ2n) is 6.08. The molecule has 128 valence electrons. The summed E-state index contributed by atoms with van der Waals surface area (Å²) in [5.41, 5.74) is 0.986. The number of carbonyl (C=O) groups is 1. The van der Waals surface area contributed by atoms with Crippen LogP contribution in [-0.2, 0) is 16.3 Å². The maximum absolute atomic E-state index is 12.5. The van der Waals surface area contributed by atoms with Crippen molar-refractivity contribution in [3.63, 3.8) is 0 Å². The molecule has 1 aliphatic rings. The van der Waals surface area contributed by atoms with E-state index in [2.05, 4.69) is 5.32 Å². The van der Waals surface area contributed by atoms with Gasteiger partial charge in [0.05, 0.1) is 16.4 Å². The van der Waals surface area contributed by atoms with E-state index in [0.29, 0.717) is 17.9 Å². The highest BCUT2D eigenvalue weighted by molar-refractivity contribution is 7.92. The molecule has 1 saturated carbocycles. The highest BCUT2D eigenvalue weighted by Crippen LogP contribution is 2.29. The molecule has 0 unspecified atom stereocenters. The van der Waals surface area contributed by atoms with E-state index < -0.39 is 9.84 Å². The molecule has 5 nitrogen and oxygen atoms in total. The standard InChI is InChI=1S/C18H21NO4S/c20-18(17-6-3-13-23-17)19-12-11-14-7-9-16(10-8-14)24(21,22)15-4-1-2-5-15/h3,6-10,13,15H,1-2,4-5,11-12H2,(H,19,20). The Morgan fingerprint density at radius 3 is 2.46 bits per heavy atom. The highest BCUT2D eigenvalue weighted by atomic mass is 32.2. The fraction of sp³-hybridized carbons (Fsp3) is 0.389. The lowest BCUT2D eigenvalue weighted by molar-refractivity contribution is 0.0926. The number of furan rings is 1. The monoisotopic (exact) mass is 347 g/mol. The van der Waals surface area contributed by atoms with E-state index in [-0.39, 0.29) is 16.9 Å². The second-order valence-corrected chi connectivity index (χ2v) is 8.31. The van der Waals surface area contributed by atoms with E-state index in [0.717, 1.165) is 31.2 Å². The predicted octanol–water partition coefficient (Wildman–Crippen LogP) is 2.97. The van der Waals surface area contributed by atoms with Gasteiger partial charge in [0.2, 0.25) is 0 Å². The van der Waals surface area contributed by atoms with Crippen LogP contribution in [-0.4, -0.2) is 26.1 Å². The Bertz CT molecular complexity index is 773. The molecule has 0 aliphatic heterocycles. The first-order valence-corrected chi connectivity index (χ1v) is 9.76. The molecule has 1 aromatic carbocycles. The Kier molecular flexibility index (Phi) is 5.04. The number of hydrogen-bond donors (Lipinski definition) is 1. The number of benzene rings is 1. The summed E-state index contributed by atoms with van der Waals surface area (Å²) in [7, 11) is -3.20. The number of carbonyl (C=O) groups excluding carboxylic acids is 1. The van der Waals surface area contributed by atoms with Crippen LogP contribution in [0.5, 0.6) is 0 Å². The second kappa shape index (κ2) is 7.21. The zero-order chi connectivity index (χ0) is 17.0. The molecule has 1 heterocycles. The van der Waals surface area contributed by atoms with Gasteiger partial charge in [0.25, 0.3) is 5.91 Å². The van der Waals surface area contributed by atoms with E-state index in [1.54, 1.807) is 24.3 Å². The van der Waals surface area contributed by atoms with Gasteiger partial charge in [0.1, 0.15) is 0 Å². The SMILES string of the molecule is O=C(NCCc1ccc(S(=O)(=O)C2CCCC2)cc1)c1ccco1. The summed E-state index contributed by atoms with van der Waals surface area (Å²) in [6, 6.07) is 10.3. The van der Waals surface area contributed by atoms with Gasteiger partial charge in [0, 0.05) is 6.54 Å². The van der Waals surface area contributed by atoms with Crippen molar-refractivity contribution in [1.82, 2.24) is 5.32 Å². The van der Waals surface area contributed by atoms with Crippen molar-refractivity contribution in [1.29, 1.82) is 0 Å². The molecule has 1 amide bonds. The fourth-order valence-corrected chi connectivity index (χ4v) is 4.91. The number of rotatable bonds is 6. The number of nitrogens with one attached hydrogen (secondary N) is 1. The minimum atomic E-state index is -3.20. The van der Waals surface area contributed by atoms with Crippen molar-refractivity contribution in [2.45, 2.75) is 42.2 Å². The smallest absolute Gasteiger partial charge is 0.286 e. The molecular weight excluding hydrogens is 326 g/mol. The summed E-state index contributed by atoms with van der Waals surface area (Å²) in [5.74, 6) is 0.0356. The van der Waals surface area contributed by atoms with Crippen molar-refractivity contribution < 1.29 is 17.6 Å². The Morgan fingerprint density at radius 1 is 1.12 bits per heavy atom. The van der Waals surface area contributed by atoms with Crippen molar-refractivity contribution in [2.75, 3.05) is 6.54 Å². The van der Waals surface area contributed by atoms with Crippen LogP contribution in [0.1, 0.15) is 41.8 Å². The van der Waals surface area contributed by atoms with Gasteiger partial charge in [-0.2, -0.15) is 0 Å². The molecule has 1 fully saturated rings. The summed E-state index contributed by atoms with van der Waals surface area (Å²) in [6.45, 7) is 0.467. The molecule has 3 rings (SSSR count). The Morgan fingerprint density at radius 2 is 1.83 bits per heavy atom. The Balaban J connectivity index is 1.56. The van der Waals surface area contributed by atoms with E-state index in [1.165, 1.54) is 6.26 Å². The zero-order valence-electron chi connectivity index (χ0n) is 13.4. The Hall–Kier alpha value is -2.08. The summed E-state index contributed by atoms with van der Waals surface area (Å²) < 4.78 is 30.0. The van der Waals surface area contributed by atoms with Gasteiger partial charge in [0.15, 0.2) is 15.6 Å². The summed E-state index contributed by atoms with van der Waals surface area (Å²) in [4.78, 5) is 12.1. The molecule has 1 N–H and O–H groups in total. The first kappa shape index (κ1) is 16.8. The van der Waals surface area contributed by atoms with Crippen molar-refractivity contribution in [2.24, 2.45) is 0 Å². The molecule has 0 radical (unpaired) electrons. The van der Waals surface area contributed by atoms with Crippen LogP contribution in [0, 0.1) is 0 Å². The zero-order valence-corrected chi connectivity index (χ0v) is 14.2. The number of sulfone groups is 1. The van der Waals surface area contributed by atoms with Crippen LogP contribution in [0.3, 0.4) is 0 Å². The molecule has 6 heteroatoms. The van der Waals surface area contributed by atoms with Crippen LogP contribution in [0.15, 0.2) is 52.0 Å². The molecule has 1 aromatic heterocycles. The third-order valence-electron chi connectivity index (χ3n) is 4.44. The molecule has 0 atom stereocenters. The molecule has 24 heavy (non-hydrogen) atoms. The van der Waals surface area contributed by atoms with E-state index >= 15 is 0 Å². The third-order valence-corrected chi connectivity index (χ3v) is 6.72. The van der Waals surface area contributed by atoms with Gasteiger partial charge in [-0.05, 0) is 49.1 Å². The molecule has 0 saturated heterocycles. The lowest BCUT2D eigenvalue weighted by atomic mass is 10.1. The minimum absolute atomic E-state index is 0.226. The maximum Gasteiger partial charge on any atom is 0.286 e. The van der Waals surface area contributed by atoms with Crippen LogP contribution in [0.4, 0.5) is 0 Å². The summed E-state index contributed by atoms with van der Waals surface area (Å²) in [5, 5.41) is 2.55. The van der Waals surface area contributed by atoms with Crippen LogP contribution >= 0.6 is 0 Å². The average Bonchev–Trinajstić information content (AvgIpc) is 3.29. The topological polar surface area (TPSA) is 76.4 Å². The fourth-order valence-electron chi connectivity index (χ4n) is 3.05. The van der Waals surface area contributed by atoms with Gasteiger partial charge in [-0.15, -0.1) is 0 Å². The molecule has 0 spiro atoms. The Labute approximate surface area is 142 Å². The van der Waals surface area contributed by atoms with Gasteiger partial charge < -0.3 is 9.73 Å². The van der Waals surface area contributed by atoms with Crippen LogP contribution in [0.25, 0.3) is 0 Å². The van der Waals surface area contributed by atoms with Crippen LogP contribution < -0.4 is 5.32 Å². The third kappa shape index (κ3) is 3.70.